The van der Waals surface area contributed by atoms with Gasteiger partial charge in [0.25, 0.3) is 0 Å². The first-order valence-corrected chi connectivity index (χ1v) is 4.82. The lowest BCUT2D eigenvalue weighted by Gasteiger charge is -2.11. The van der Waals surface area contributed by atoms with Gasteiger partial charge >= 0.3 is 0 Å². The van der Waals surface area contributed by atoms with Gasteiger partial charge in [0.05, 0.1) is 21.8 Å². The van der Waals surface area contributed by atoms with Crippen molar-refractivity contribution < 1.29 is 9.50 Å². The van der Waals surface area contributed by atoms with E-state index in [0.717, 1.165) is 12.1 Å². The zero-order chi connectivity index (χ0) is 10.7. The first-order chi connectivity index (χ1) is 6.50. The predicted molar refractivity (Wildman–Crippen MR) is 56.6 cm³/mol. The maximum absolute atomic E-state index is 12.8. The zero-order valence-electron chi connectivity index (χ0n) is 7.52. The SMILES string of the molecule is C[C@H](O)CNc1c(Cl)cc(F)cc1Cl. The van der Waals surface area contributed by atoms with Crippen molar-refractivity contribution in [1.29, 1.82) is 0 Å². The van der Waals surface area contributed by atoms with Gasteiger partial charge in [0.15, 0.2) is 0 Å². The highest BCUT2D eigenvalue weighted by molar-refractivity contribution is 6.39. The third-order valence-corrected chi connectivity index (χ3v) is 2.18. The Kier molecular flexibility index (Phi) is 3.98. The zero-order valence-corrected chi connectivity index (χ0v) is 9.03. The van der Waals surface area contributed by atoms with Gasteiger partial charge in [-0.05, 0) is 19.1 Å². The lowest BCUT2D eigenvalue weighted by atomic mass is 10.3. The van der Waals surface area contributed by atoms with Gasteiger partial charge in [-0.3, -0.25) is 0 Å². The molecule has 0 aliphatic heterocycles. The Morgan fingerprint density at radius 3 is 2.36 bits per heavy atom. The maximum atomic E-state index is 12.8. The van der Waals surface area contributed by atoms with Crippen LogP contribution in [0.5, 0.6) is 0 Å². The first-order valence-electron chi connectivity index (χ1n) is 4.07. The smallest absolute Gasteiger partial charge is 0.126 e. The van der Waals surface area contributed by atoms with E-state index < -0.39 is 11.9 Å². The van der Waals surface area contributed by atoms with Crippen molar-refractivity contribution >= 4 is 28.9 Å². The van der Waals surface area contributed by atoms with E-state index in [1.165, 1.54) is 0 Å². The summed E-state index contributed by atoms with van der Waals surface area (Å²) in [5, 5.41) is 12.3. The highest BCUT2D eigenvalue weighted by atomic mass is 35.5. The summed E-state index contributed by atoms with van der Waals surface area (Å²) in [7, 11) is 0. The molecule has 2 nitrogen and oxygen atoms in total. The Bertz CT molecular complexity index is 308. The van der Waals surface area contributed by atoms with Crippen LogP contribution in [-0.2, 0) is 0 Å². The van der Waals surface area contributed by atoms with E-state index in [2.05, 4.69) is 5.32 Å². The normalized spacial score (nSPS) is 12.6. The standard InChI is InChI=1S/C9H10Cl2FNO/c1-5(14)4-13-9-7(10)2-6(12)3-8(9)11/h2-3,5,13-14H,4H2,1H3/t5-/m0/s1. The van der Waals surface area contributed by atoms with Crippen LogP contribution in [0.2, 0.25) is 10.0 Å². The summed E-state index contributed by atoms with van der Waals surface area (Å²) < 4.78 is 12.8. The van der Waals surface area contributed by atoms with E-state index in [9.17, 15) is 4.39 Å². The molecular formula is C9H10Cl2FNO. The van der Waals surface area contributed by atoms with Crippen molar-refractivity contribution in [2.75, 3.05) is 11.9 Å². The molecule has 1 aromatic carbocycles. The second-order valence-electron chi connectivity index (χ2n) is 2.97. The van der Waals surface area contributed by atoms with Crippen molar-refractivity contribution in [2.45, 2.75) is 13.0 Å². The molecule has 5 heteroatoms. The molecule has 0 spiro atoms. The fourth-order valence-electron chi connectivity index (χ4n) is 0.961. The summed E-state index contributed by atoms with van der Waals surface area (Å²) in [6.07, 6.45) is -0.521. The number of halogens is 3. The van der Waals surface area contributed by atoms with Gasteiger partial charge in [-0.25, -0.2) is 4.39 Å². The quantitative estimate of drug-likeness (QED) is 0.848. The Balaban J connectivity index is 2.86. The predicted octanol–water partition coefficient (Wildman–Crippen LogP) is 2.93. The van der Waals surface area contributed by atoms with Crippen molar-refractivity contribution in [1.82, 2.24) is 0 Å². The minimum atomic E-state index is -0.521. The van der Waals surface area contributed by atoms with Crippen LogP contribution >= 0.6 is 23.2 Å². The van der Waals surface area contributed by atoms with Crippen LogP contribution in [0.4, 0.5) is 10.1 Å². The third-order valence-electron chi connectivity index (χ3n) is 1.58. The summed E-state index contributed by atoms with van der Waals surface area (Å²) >= 11 is 11.5. The third kappa shape index (κ3) is 3.01. The highest BCUT2D eigenvalue weighted by Gasteiger charge is 2.08. The van der Waals surface area contributed by atoms with Gasteiger partial charge in [-0.15, -0.1) is 0 Å². The molecule has 14 heavy (non-hydrogen) atoms. The van der Waals surface area contributed by atoms with Gasteiger partial charge < -0.3 is 10.4 Å². The number of aliphatic hydroxyl groups excluding tert-OH is 1. The minimum absolute atomic E-state index is 0.204. The fraction of sp³-hybridized carbons (Fsp3) is 0.333. The van der Waals surface area contributed by atoms with Gasteiger partial charge in [0.2, 0.25) is 0 Å². The lowest BCUT2D eigenvalue weighted by Crippen LogP contribution is -2.15. The van der Waals surface area contributed by atoms with Crippen molar-refractivity contribution in [3.8, 4) is 0 Å². The number of benzene rings is 1. The van der Waals surface area contributed by atoms with E-state index in [0.29, 0.717) is 12.2 Å². The molecule has 0 amide bonds. The summed E-state index contributed by atoms with van der Waals surface area (Å²) in [5.74, 6) is -0.484. The molecule has 78 valence electrons. The van der Waals surface area contributed by atoms with Gasteiger partial charge in [0.1, 0.15) is 5.82 Å². The molecule has 1 atom stereocenters. The van der Waals surface area contributed by atoms with Crippen LogP contribution in [0, 0.1) is 5.82 Å². The summed E-state index contributed by atoms with van der Waals surface area (Å²) in [6.45, 7) is 1.93. The van der Waals surface area contributed by atoms with Crippen LogP contribution in [-0.4, -0.2) is 17.8 Å². The molecule has 0 saturated carbocycles. The second kappa shape index (κ2) is 4.82. The van der Waals surface area contributed by atoms with Crippen LogP contribution in [0.3, 0.4) is 0 Å². The number of rotatable bonds is 3. The summed E-state index contributed by atoms with van der Waals surface area (Å²) in [4.78, 5) is 0. The van der Waals surface area contributed by atoms with Crippen LogP contribution in [0.15, 0.2) is 12.1 Å². The second-order valence-corrected chi connectivity index (χ2v) is 3.79. The molecule has 0 saturated heterocycles. The van der Waals surface area contributed by atoms with Crippen LogP contribution in [0.1, 0.15) is 6.92 Å². The van der Waals surface area contributed by atoms with Gasteiger partial charge in [-0.1, -0.05) is 23.2 Å². The molecule has 0 aliphatic carbocycles. The molecule has 0 aliphatic rings. The molecule has 0 aromatic heterocycles. The number of anilines is 1. The lowest BCUT2D eigenvalue weighted by molar-refractivity contribution is 0.208. The average molecular weight is 238 g/mol. The van der Waals surface area contributed by atoms with E-state index in [-0.39, 0.29) is 10.0 Å². The molecule has 0 radical (unpaired) electrons. The number of hydrogen-bond donors (Lipinski definition) is 2. The summed E-state index contributed by atoms with van der Waals surface area (Å²) in [6, 6.07) is 2.33. The van der Waals surface area contributed by atoms with Gasteiger partial charge in [-0.2, -0.15) is 0 Å². The molecule has 0 unspecified atom stereocenters. The largest absolute Gasteiger partial charge is 0.392 e. The molecule has 0 fully saturated rings. The molecule has 0 heterocycles. The summed E-state index contributed by atoms with van der Waals surface area (Å²) in [5.41, 5.74) is 0.440. The fourth-order valence-corrected chi connectivity index (χ4v) is 1.55. The van der Waals surface area contributed by atoms with Crippen molar-refractivity contribution in [2.24, 2.45) is 0 Å². The van der Waals surface area contributed by atoms with Gasteiger partial charge in [0, 0.05) is 6.54 Å². The number of hydrogen-bond acceptors (Lipinski definition) is 2. The molecule has 1 rings (SSSR count). The Morgan fingerprint density at radius 1 is 1.43 bits per heavy atom. The van der Waals surface area contributed by atoms with E-state index in [1.807, 2.05) is 0 Å². The highest BCUT2D eigenvalue weighted by Crippen LogP contribution is 2.31. The topological polar surface area (TPSA) is 32.3 Å². The Hall–Kier alpha value is -0.510. The molecule has 0 bridgehead atoms. The average Bonchev–Trinajstić information content (AvgIpc) is 2.01. The molecule has 2 N–H and O–H groups in total. The Morgan fingerprint density at radius 2 is 1.93 bits per heavy atom. The van der Waals surface area contributed by atoms with E-state index in [4.69, 9.17) is 28.3 Å². The van der Waals surface area contributed by atoms with E-state index >= 15 is 0 Å². The molecular weight excluding hydrogens is 228 g/mol. The van der Waals surface area contributed by atoms with Crippen LogP contribution < -0.4 is 5.32 Å². The first kappa shape index (κ1) is 11.6. The van der Waals surface area contributed by atoms with Crippen molar-refractivity contribution in [3.63, 3.8) is 0 Å². The van der Waals surface area contributed by atoms with E-state index in [1.54, 1.807) is 6.92 Å². The number of aliphatic hydroxyl groups is 1. The number of nitrogens with one attached hydrogen (secondary N) is 1. The minimum Gasteiger partial charge on any atom is -0.392 e. The van der Waals surface area contributed by atoms with Crippen LogP contribution in [0.25, 0.3) is 0 Å². The monoisotopic (exact) mass is 237 g/mol. The van der Waals surface area contributed by atoms with Crippen molar-refractivity contribution in [3.05, 3.63) is 28.0 Å². The molecule has 1 aromatic rings. The maximum Gasteiger partial charge on any atom is 0.126 e. The Labute approximate surface area is 91.6 Å².